The van der Waals surface area contributed by atoms with Gasteiger partial charge in [-0.25, -0.2) is 4.98 Å². The van der Waals surface area contributed by atoms with Crippen molar-refractivity contribution in [3.63, 3.8) is 0 Å². The number of rotatable bonds is 9. The van der Waals surface area contributed by atoms with E-state index in [9.17, 15) is 10.1 Å². The number of ketones is 1. The zero-order valence-corrected chi connectivity index (χ0v) is 23.7. The molecule has 0 unspecified atom stereocenters. The number of nitriles is 1. The lowest BCUT2D eigenvalue weighted by atomic mass is 9.78. The number of hydrogen-bond acceptors (Lipinski definition) is 6. The van der Waals surface area contributed by atoms with Crippen molar-refractivity contribution in [2.75, 3.05) is 26.2 Å². The lowest BCUT2D eigenvalue weighted by Gasteiger charge is -2.30. The van der Waals surface area contributed by atoms with Gasteiger partial charge in [-0.2, -0.15) is 10.4 Å². The Morgan fingerprint density at radius 2 is 1.87 bits per heavy atom. The lowest BCUT2D eigenvalue weighted by Crippen LogP contribution is -2.29. The second-order valence-electron chi connectivity index (χ2n) is 12.2. The minimum absolute atomic E-state index is 0.261. The average Bonchev–Trinajstić information content (AvgIpc) is 3.20. The van der Waals surface area contributed by atoms with Crippen LogP contribution in [0.25, 0.3) is 10.9 Å². The van der Waals surface area contributed by atoms with Gasteiger partial charge in [0.25, 0.3) is 0 Å². The largest absolute Gasteiger partial charge is 0.476 e. The van der Waals surface area contributed by atoms with E-state index in [1.807, 2.05) is 51.4 Å². The number of hydrogen-bond donors (Lipinski definition) is 0. The van der Waals surface area contributed by atoms with Crippen LogP contribution >= 0.6 is 0 Å². The molecule has 206 valence electrons. The third kappa shape index (κ3) is 6.86. The first-order valence-corrected chi connectivity index (χ1v) is 14.5. The Labute approximate surface area is 232 Å². The Morgan fingerprint density at radius 1 is 1.10 bits per heavy atom. The van der Waals surface area contributed by atoms with Crippen LogP contribution < -0.4 is 4.74 Å². The van der Waals surface area contributed by atoms with Crippen molar-refractivity contribution in [1.82, 2.24) is 19.7 Å². The molecule has 1 saturated carbocycles. The topological polar surface area (TPSA) is 84.0 Å². The highest BCUT2D eigenvalue weighted by atomic mass is 16.5. The van der Waals surface area contributed by atoms with Gasteiger partial charge in [-0.3, -0.25) is 9.48 Å². The number of nitrogens with zero attached hydrogens (tertiary/aromatic N) is 5. The highest BCUT2D eigenvalue weighted by molar-refractivity contribution is 6.07. The van der Waals surface area contributed by atoms with Crippen LogP contribution in [0.4, 0.5) is 0 Å². The smallest absolute Gasteiger partial charge is 0.213 e. The molecule has 3 heterocycles. The molecule has 7 nitrogen and oxygen atoms in total. The molecule has 1 fully saturated rings. The zero-order chi connectivity index (χ0) is 27.4. The van der Waals surface area contributed by atoms with Crippen LogP contribution in [0.15, 0.2) is 36.5 Å². The number of aromatic nitrogens is 3. The Hall–Kier alpha value is -3.24. The Kier molecular flexibility index (Phi) is 8.32. The van der Waals surface area contributed by atoms with E-state index >= 15 is 0 Å². The molecule has 0 bridgehead atoms. The number of carbonyl (C=O) groups is 1. The first-order valence-electron chi connectivity index (χ1n) is 14.5. The lowest BCUT2D eigenvalue weighted by molar-refractivity contribution is 0.0942. The molecule has 7 heteroatoms. The molecule has 1 aliphatic heterocycles. The fourth-order valence-corrected chi connectivity index (χ4v) is 6.07. The molecule has 3 aromatic rings. The van der Waals surface area contributed by atoms with Gasteiger partial charge < -0.3 is 9.64 Å². The molecule has 0 saturated heterocycles. The summed E-state index contributed by atoms with van der Waals surface area (Å²) in [6.07, 6.45) is 10.6. The van der Waals surface area contributed by atoms with Crippen molar-refractivity contribution >= 4 is 16.7 Å². The molecule has 0 radical (unpaired) electrons. The number of aryl methyl sites for hydroxylation is 1. The number of Topliss-reactive ketones (excluding diaryl/α,β-unsaturated/α-hetero) is 1. The normalized spacial score (nSPS) is 20.3. The van der Waals surface area contributed by atoms with E-state index in [4.69, 9.17) is 9.72 Å². The number of carbonyl (C=O) groups excluding carboxylic acids is 1. The van der Waals surface area contributed by atoms with Crippen molar-refractivity contribution < 1.29 is 9.53 Å². The van der Waals surface area contributed by atoms with Crippen LogP contribution in [0.2, 0.25) is 0 Å². The molecule has 2 aliphatic rings. The average molecular weight is 528 g/mol. The van der Waals surface area contributed by atoms with Crippen LogP contribution in [-0.4, -0.2) is 51.7 Å². The molecule has 1 aliphatic carbocycles. The van der Waals surface area contributed by atoms with Gasteiger partial charge in [0.05, 0.1) is 17.0 Å². The summed E-state index contributed by atoms with van der Waals surface area (Å²) in [5.74, 6) is 2.13. The van der Waals surface area contributed by atoms with Crippen molar-refractivity contribution in [3.05, 3.63) is 53.3 Å². The second kappa shape index (κ2) is 11.9. The summed E-state index contributed by atoms with van der Waals surface area (Å²) >= 11 is 0. The van der Waals surface area contributed by atoms with Crippen LogP contribution in [0.5, 0.6) is 5.88 Å². The Bertz CT molecular complexity index is 1350. The van der Waals surface area contributed by atoms with Crippen LogP contribution in [0, 0.1) is 28.6 Å². The summed E-state index contributed by atoms with van der Waals surface area (Å²) < 4.78 is 7.62. The molecular formula is C32H41N5O2. The minimum atomic E-state index is -0.519. The molecule has 0 spiro atoms. The Balaban J connectivity index is 1.06. The first kappa shape index (κ1) is 27.3. The van der Waals surface area contributed by atoms with Gasteiger partial charge in [0.1, 0.15) is 6.61 Å². The van der Waals surface area contributed by atoms with Gasteiger partial charge >= 0.3 is 0 Å². The molecule has 2 aromatic heterocycles. The molecule has 0 amide bonds. The summed E-state index contributed by atoms with van der Waals surface area (Å²) in [4.78, 5) is 20.5. The van der Waals surface area contributed by atoms with Crippen LogP contribution in [0.3, 0.4) is 0 Å². The first-order chi connectivity index (χ1) is 18.8. The van der Waals surface area contributed by atoms with Crippen molar-refractivity contribution in [1.29, 1.82) is 5.26 Å². The highest BCUT2D eigenvalue weighted by Gasteiger charge is 2.25. The molecule has 0 atom stereocenters. The maximum absolute atomic E-state index is 13.1. The monoisotopic (exact) mass is 527 g/mol. The summed E-state index contributed by atoms with van der Waals surface area (Å²) in [5.41, 5.74) is 3.65. The standard InChI is InChI=1S/C32H41N5O2/c1-32(2,21-33)22-39-31-12-11-25-14-17-37(18-15-28(25)34-31)16-13-23-7-9-24(10-8-23)19-30(38)26-5-4-6-29-27(26)20-36(3)35-29/h4-6,11-12,20,23-24H,7-10,13-19,22H2,1-3H3. The summed E-state index contributed by atoms with van der Waals surface area (Å²) in [7, 11) is 1.91. The quantitative estimate of drug-likeness (QED) is 0.329. The predicted octanol–water partition coefficient (Wildman–Crippen LogP) is 5.77. The van der Waals surface area contributed by atoms with Gasteiger partial charge in [0.15, 0.2) is 5.78 Å². The van der Waals surface area contributed by atoms with E-state index < -0.39 is 5.41 Å². The predicted molar refractivity (Wildman–Crippen MR) is 153 cm³/mol. The number of ether oxygens (including phenoxy) is 1. The molecule has 0 N–H and O–H groups in total. The maximum atomic E-state index is 13.1. The third-order valence-corrected chi connectivity index (χ3v) is 8.55. The van der Waals surface area contributed by atoms with E-state index in [2.05, 4.69) is 22.1 Å². The molecule has 5 rings (SSSR count). The van der Waals surface area contributed by atoms with Crippen molar-refractivity contribution in [3.8, 4) is 11.9 Å². The van der Waals surface area contributed by atoms with Crippen LogP contribution in [-0.2, 0) is 19.9 Å². The van der Waals surface area contributed by atoms with Gasteiger partial charge in [-0.05, 0) is 69.5 Å². The van der Waals surface area contributed by atoms with Crippen LogP contribution in [0.1, 0.15) is 74.0 Å². The number of fused-ring (bicyclic) bond motifs is 2. The zero-order valence-electron chi connectivity index (χ0n) is 23.7. The fourth-order valence-electron chi connectivity index (χ4n) is 6.07. The number of benzene rings is 1. The highest BCUT2D eigenvalue weighted by Crippen LogP contribution is 2.34. The van der Waals surface area contributed by atoms with E-state index in [0.717, 1.165) is 73.4 Å². The van der Waals surface area contributed by atoms with E-state index in [0.29, 0.717) is 24.8 Å². The SMILES string of the molecule is Cn1cc2c(C(=O)CC3CCC(CCN4CCc5ccc(OCC(C)(C)C#N)nc5CC4)CC3)cccc2n1. The van der Waals surface area contributed by atoms with E-state index in [1.54, 1.807) is 4.68 Å². The summed E-state index contributed by atoms with van der Waals surface area (Å²) in [6, 6.07) is 12.2. The van der Waals surface area contributed by atoms with Gasteiger partial charge in [-0.15, -0.1) is 0 Å². The summed E-state index contributed by atoms with van der Waals surface area (Å²) in [5, 5.41) is 14.7. The van der Waals surface area contributed by atoms with E-state index in [-0.39, 0.29) is 5.78 Å². The Morgan fingerprint density at radius 3 is 2.67 bits per heavy atom. The fraction of sp³-hybridized carbons (Fsp3) is 0.562. The van der Waals surface area contributed by atoms with Gasteiger partial charge in [0.2, 0.25) is 5.88 Å². The number of pyridine rings is 1. The minimum Gasteiger partial charge on any atom is -0.476 e. The molecule has 1 aromatic carbocycles. The van der Waals surface area contributed by atoms with E-state index in [1.165, 1.54) is 24.8 Å². The van der Waals surface area contributed by atoms with Gasteiger partial charge in [0, 0.05) is 61.9 Å². The molecular weight excluding hydrogens is 486 g/mol. The summed E-state index contributed by atoms with van der Waals surface area (Å²) in [6.45, 7) is 7.33. The molecule has 39 heavy (non-hydrogen) atoms. The maximum Gasteiger partial charge on any atom is 0.213 e. The third-order valence-electron chi connectivity index (χ3n) is 8.55. The second-order valence-corrected chi connectivity index (χ2v) is 12.2. The van der Waals surface area contributed by atoms with Crippen molar-refractivity contribution in [2.24, 2.45) is 24.3 Å². The van der Waals surface area contributed by atoms with Crippen molar-refractivity contribution in [2.45, 2.75) is 65.2 Å². The van der Waals surface area contributed by atoms with Gasteiger partial charge in [-0.1, -0.05) is 31.0 Å².